The van der Waals surface area contributed by atoms with E-state index in [1.54, 1.807) is 14.0 Å². The number of hydrogen-bond acceptors (Lipinski definition) is 3. The molecule has 2 rings (SSSR count). The molecule has 1 aromatic carbocycles. The Hall–Kier alpha value is -1.37. The average molecular weight is 328 g/mol. The van der Waals surface area contributed by atoms with Gasteiger partial charge < -0.3 is 0 Å². The van der Waals surface area contributed by atoms with Crippen LogP contribution in [0.25, 0.3) is 0 Å². The van der Waals surface area contributed by atoms with Gasteiger partial charge in [-0.2, -0.15) is 9.40 Å². The molecular formula is C14H18ClN3O2S. The summed E-state index contributed by atoms with van der Waals surface area (Å²) in [6, 6.07) is 7.71. The highest BCUT2D eigenvalue weighted by Gasteiger charge is 2.28. The summed E-state index contributed by atoms with van der Waals surface area (Å²) >= 11 is 5.78. The van der Waals surface area contributed by atoms with Crippen LogP contribution < -0.4 is 0 Å². The van der Waals surface area contributed by atoms with Crippen LogP contribution in [-0.2, 0) is 22.4 Å². The van der Waals surface area contributed by atoms with Crippen molar-refractivity contribution in [1.29, 1.82) is 0 Å². The fraction of sp³-hybridized carbons (Fsp3) is 0.357. The molecule has 0 aliphatic heterocycles. The molecule has 0 saturated carbocycles. The molecule has 0 bridgehead atoms. The molecule has 114 valence electrons. The van der Waals surface area contributed by atoms with Gasteiger partial charge in [-0.1, -0.05) is 24.3 Å². The first kappa shape index (κ1) is 16.0. The molecule has 7 heteroatoms. The van der Waals surface area contributed by atoms with E-state index in [2.05, 4.69) is 10.2 Å². The molecule has 0 radical (unpaired) electrons. The summed E-state index contributed by atoms with van der Waals surface area (Å²) in [5.41, 5.74) is 2.88. The number of halogens is 1. The third-order valence-corrected chi connectivity index (χ3v) is 5.67. The van der Waals surface area contributed by atoms with Crippen LogP contribution in [-0.4, -0.2) is 30.0 Å². The van der Waals surface area contributed by atoms with E-state index in [4.69, 9.17) is 11.6 Å². The highest BCUT2D eigenvalue weighted by Crippen LogP contribution is 2.24. The molecular weight excluding hydrogens is 310 g/mol. The first-order valence-corrected chi connectivity index (χ1v) is 8.46. The first-order valence-electron chi connectivity index (χ1n) is 6.48. The first-order chi connectivity index (χ1) is 9.87. The number of aromatic amines is 1. The smallest absolute Gasteiger partial charge is 0.246 e. The van der Waals surface area contributed by atoms with Gasteiger partial charge in [-0.3, -0.25) is 5.10 Å². The van der Waals surface area contributed by atoms with Crippen molar-refractivity contribution in [2.24, 2.45) is 0 Å². The summed E-state index contributed by atoms with van der Waals surface area (Å²) in [6.07, 6.45) is 0. The highest BCUT2D eigenvalue weighted by molar-refractivity contribution is 7.89. The average Bonchev–Trinajstić information content (AvgIpc) is 2.83. The lowest BCUT2D eigenvalue weighted by molar-refractivity contribution is 0.465. The second-order valence-corrected chi connectivity index (χ2v) is 7.19. The second-order valence-electron chi connectivity index (χ2n) is 4.95. The summed E-state index contributed by atoms with van der Waals surface area (Å²) in [5, 5.41) is 6.63. The maximum absolute atomic E-state index is 12.7. The van der Waals surface area contributed by atoms with E-state index in [0.29, 0.717) is 17.9 Å². The lowest BCUT2D eigenvalue weighted by Gasteiger charge is -2.18. The number of sulfonamides is 1. The van der Waals surface area contributed by atoms with Gasteiger partial charge >= 0.3 is 0 Å². The molecule has 1 heterocycles. The number of alkyl halides is 1. The molecule has 2 aromatic rings. The SMILES string of the molecule is Cc1ccccc1CN(C)S(=O)(=O)c1c(CCl)n[nH]c1C. The molecule has 0 fully saturated rings. The minimum Gasteiger partial charge on any atom is -0.281 e. The second kappa shape index (κ2) is 6.17. The van der Waals surface area contributed by atoms with Crippen LogP contribution in [0.3, 0.4) is 0 Å². The van der Waals surface area contributed by atoms with E-state index >= 15 is 0 Å². The lowest BCUT2D eigenvalue weighted by Crippen LogP contribution is -2.27. The Bertz CT molecular complexity index is 740. The van der Waals surface area contributed by atoms with Crippen molar-refractivity contribution in [3.63, 3.8) is 0 Å². The fourth-order valence-corrected chi connectivity index (χ4v) is 3.91. The molecule has 0 amide bonds. The highest BCUT2D eigenvalue weighted by atomic mass is 35.5. The number of rotatable bonds is 5. The van der Waals surface area contributed by atoms with Gasteiger partial charge in [0.2, 0.25) is 10.0 Å². The Balaban J connectivity index is 2.35. The van der Waals surface area contributed by atoms with Crippen molar-refractivity contribution in [3.8, 4) is 0 Å². The van der Waals surface area contributed by atoms with Crippen molar-refractivity contribution in [1.82, 2.24) is 14.5 Å². The van der Waals surface area contributed by atoms with E-state index in [1.165, 1.54) is 4.31 Å². The fourth-order valence-electron chi connectivity index (χ4n) is 2.17. The zero-order chi connectivity index (χ0) is 15.6. The number of hydrogen-bond donors (Lipinski definition) is 1. The summed E-state index contributed by atoms with van der Waals surface area (Å²) in [5.74, 6) is 0.0527. The van der Waals surface area contributed by atoms with Gasteiger partial charge in [-0.05, 0) is 25.0 Å². The third kappa shape index (κ3) is 3.12. The Morgan fingerprint density at radius 1 is 1.29 bits per heavy atom. The summed E-state index contributed by atoms with van der Waals surface area (Å²) in [4.78, 5) is 0.175. The number of H-pyrrole nitrogens is 1. The maximum atomic E-state index is 12.7. The quantitative estimate of drug-likeness (QED) is 0.858. The predicted octanol–water partition coefficient (Wildman–Crippen LogP) is 2.59. The van der Waals surface area contributed by atoms with Gasteiger partial charge in [-0.25, -0.2) is 8.42 Å². The summed E-state index contributed by atoms with van der Waals surface area (Å²) < 4.78 is 26.8. The van der Waals surface area contributed by atoms with Gasteiger partial charge in [0.15, 0.2) is 0 Å². The third-order valence-electron chi connectivity index (χ3n) is 3.41. The normalized spacial score (nSPS) is 12.0. The van der Waals surface area contributed by atoms with Gasteiger partial charge in [-0.15, -0.1) is 11.6 Å². The number of benzene rings is 1. The predicted molar refractivity (Wildman–Crippen MR) is 82.7 cm³/mol. The van der Waals surface area contributed by atoms with Crippen LogP contribution in [0.15, 0.2) is 29.2 Å². The molecule has 0 aliphatic rings. The minimum absolute atomic E-state index is 0.0527. The van der Waals surface area contributed by atoms with Crippen molar-refractivity contribution in [2.45, 2.75) is 31.2 Å². The number of nitrogens with one attached hydrogen (secondary N) is 1. The minimum atomic E-state index is -3.63. The van der Waals surface area contributed by atoms with Gasteiger partial charge in [0.05, 0.1) is 17.3 Å². The Morgan fingerprint density at radius 2 is 1.95 bits per heavy atom. The zero-order valence-corrected chi connectivity index (χ0v) is 13.8. The Kier molecular flexibility index (Phi) is 4.70. The Labute approximate surface area is 130 Å². The van der Waals surface area contributed by atoms with E-state index in [0.717, 1.165) is 11.1 Å². The molecule has 0 unspecified atom stereocenters. The van der Waals surface area contributed by atoms with Crippen molar-refractivity contribution in [2.75, 3.05) is 7.05 Å². The van der Waals surface area contributed by atoms with Crippen LogP contribution in [0.5, 0.6) is 0 Å². The lowest BCUT2D eigenvalue weighted by atomic mass is 10.1. The number of nitrogens with zero attached hydrogens (tertiary/aromatic N) is 2. The van der Waals surface area contributed by atoms with Crippen LogP contribution in [0.1, 0.15) is 22.5 Å². The zero-order valence-electron chi connectivity index (χ0n) is 12.2. The maximum Gasteiger partial charge on any atom is 0.246 e. The van der Waals surface area contributed by atoms with Crippen molar-refractivity contribution in [3.05, 3.63) is 46.8 Å². The number of aryl methyl sites for hydroxylation is 2. The molecule has 0 atom stereocenters. The largest absolute Gasteiger partial charge is 0.281 e. The van der Waals surface area contributed by atoms with Crippen LogP contribution >= 0.6 is 11.6 Å². The topological polar surface area (TPSA) is 66.1 Å². The van der Waals surface area contributed by atoms with E-state index in [1.807, 2.05) is 31.2 Å². The van der Waals surface area contributed by atoms with Gasteiger partial charge in [0.1, 0.15) is 4.90 Å². The van der Waals surface area contributed by atoms with E-state index in [9.17, 15) is 8.42 Å². The van der Waals surface area contributed by atoms with Crippen LogP contribution in [0.4, 0.5) is 0 Å². The van der Waals surface area contributed by atoms with Gasteiger partial charge in [0, 0.05) is 13.6 Å². The van der Waals surface area contributed by atoms with Crippen molar-refractivity contribution < 1.29 is 8.42 Å². The van der Waals surface area contributed by atoms with Crippen LogP contribution in [0.2, 0.25) is 0 Å². The van der Waals surface area contributed by atoms with E-state index < -0.39 is 10.0 Å². The molecule has 0 saturated heterocycles. The summed E-state index contributed by atoms with van der Waals surface area (Å²) in [7, 11) is -2.07. The van der Waals surface area contributed by atoms with E-state index in [-0.39, 0.29) is 10.8 Å². The van der Waals surface area contributed by atoms with Gasteiger partial charge in [0.25, 0.3) is 0 Å². The molecule has 0 aliphatic carbocycles. The standard InChI is InChI=1S/C14H18ClN3O2S/c1-10-6-4-5-7-12(10)9-18(3)21(19,20)14-11(2)16-17-13(14)8-15/h4-7H,8-9H2,1-3H3,(H,16,17). The molecule has 5 nitrogen and oxygen atoms in total. The monoisotopic (exact) mass is 327 g/mol. The van der Waals surface area contributed by atoms with Crippen LogP contribution in [0, 0.1) is 13.8 Å². The molecule has 1 N–H and O–H groups in total. The van der Waals surface area contributed by atoms with Crippen molar-refractivity contribution >= 4 is 21.6 Å². The summed E-state index contributed by atoms with van der Waals surface area (Å²) in [6.45, 7) is 3.95. The molecule has 0 spiro atoms. The number of aromatic nitrogens is 2. The molecule has 1 aromatic heterocycles. The Morgan fingerprint density at radius 3 is 2.57 bits per heavy atom. The molecule has 21 heavy (non-hydrogen) atoms.